The molecule has 0 spiro atoms. The number of pyridine rings is 1. The number of nitrogens with zero attached hydrogens (tertiary/aromatic N) is 3. The van der Waals surface area contributed by atoms with Gasteiger partial charge in [-0.15, -0.1) is 24.8 Å². The Labute approximate surface area is 155 Å². The molecule has 2 aliphatic heterocycles. The number of benzene rings is 1. The summed E-state index contributed by atoms with van der Waals surface area (Å²) in [5, 5.41) is 0. The molecule has 4 nitrogen and oxygen atoms in total. The highest BCUT2D eigenvalue weighted by Crippen LogP contribution is 2.30. The van der Waals surface area contributed by atoms with Crippen LogP contribution in [0, 0.1) is 0 Å². The third-order valence-corrected chi connectivity index (χ3v) is 4.82. The molecule has 0 radical (unpaired) electrons. The lowest BCUT2D eigenvalue weighted by atomic mass is 10.1. The summed E-state index contributed by atoms with van der Waals surface area (Å²) in [6.07, 6.45) is 5.21. The average molecular weight is 368 g/mol. The van der Waals surface area contributed by atoms with Crippen LogP contribution in [0.1, 0.15) is 6.42 Å². The van der Waals surface area contributed by atoms with E-state index in [-0.39, 0.29) is 24.8 Å². The van der Waals surface area contributed by atoms with Crippen LogP contribution < -0.4 is 9.64 Å². The van der Waals surface area contributed by atoms with Crippen molar-refractivity contribution >= 4 is 30.5 Å². The minimum absolute atomic E-state index is 0. The van der Waals surface area contributed by atoms with Gasteiger partial charge in [-0.1, -0.05) is 12.1 Å². The van der Waals surface area contributed by atoms with E-state index in [1.54, 1.807) is 7.11 Å². The molecule has 0 amide bonds. The lowest BCUT2D eigenvalue weighted by molar-refractivity contribution is 0.310. The van der Waals surface area contributed by atoms with Crippen LogP contribution in [0.3, 0.4) is 0 Å². The summed E-state index contributed by atoms with van der Waals surface area (Å²) in [5.74, 6) is 0.884. The fourth-order valence-electron chi connectivity index (χ4n) is 3.57. The maximum absolute atomic E-state index is 5.23. The molecule has 0 aliphatic carbocycles. The Morgan fingerprint density at radius 3 is 2.54 bits per heavy atom. The van der Waals surface area contributed by atoms with Crippen LogP contribution in [0.15, 0.2) is 42.7 Å². The number of anilines is 1. The predicted octanol–water partition coefficient (Wildman–Crippen LogP) is 3.50. The van der Waals surface area contributed by atoms with E-state index in [9.17, 15) is 0 Å². The molecule has 130 valence electrons. The van der Waals surface area contributed by atoms with E-state index < -0.39 is 0 Å². The molecule has 0 N–H and O–H groups in total. The Morgan fingerprint density at radius 2 is 1.79 bits per heavy atom. The van der Waals surface area contributed by atoms with Gasteiger partial charge < -0.3 is 9.64 Å². The molecular weight excluding hydrogens is 345 g/mol. The Hall–Kier alpha value is -1.49. The van der Waals surface area contributed by atoms with Crippen LogP contribution in [0.4, 0.5) is 5.69 Å². The monoisotopic (exact) mass is 367 g/mol. The number of halogens is 2. The minimum Gasteiger partial charge on any atom is -0.497 e. The zero-order valence-electron chi connectivity index (χ0n) is 13.7. The van der Waals surface area contributed by atoms with Crippen molar-refractivity contribution in [3.63, 3.8) is 0 Å². The van der Waals surface area contributed by atoms with Crippen molar-refractivity contribution in [1.82, 2.24) is 9.88 Å². The van der Waals surface area contributed by atoms with Crippen LogP contribution in [0.5, 0.6) is 5.75 Å². The van der Waals surface area contributed by atoms with Gasteiger partial charge in [-0.05, 0) is 30.2 Å². The van der Waals surface area contributed by atoms with E-state index in [1.165, 1.54) is 42.9 Å². The van der Waals surface area contributed by atoms with Gasteiger partial charge in [-0.25, -0.2) is 0 Å². The third-order valence-electron chi connectivity index (χ3n) is 4.82. The topological polar surface area (TPSA) is 28.6 Å². The van der Waals surface area contributed by atoms with Gasteiger partial charge in [0, 0.05) is 44.0 Å². The summed E-state index contributed by atoms with van der Waals surface area (Å²) in [6, 6.07) is 11.1. The highest BCUT2D eigenvalue weighted by molar-refractivity contribution is 5.85. The molecule has 1 aromatic carbocycles. The second-order valence-corrected chi connectivity index (χ2v) is 6.10. The number of piperazine rings is 1. The first kappa shape index (κ1) is 18.8. The highest BCUT2D eigenvalue weighted by Gasteiger charge is 2.32. The van der Waals surface area contributed by atoms with Crippen LogP contribution in [-0.4, -0.2) is 49.2 Å². The van der Waals surface area contributed by atoms with E-state index >= 15 is 0 Å². The molecule has 2 aliphatic rings. The van der Waals surface area contributed by atoms with Gasteiger partial charge in [0.2, 0.25) is 0 Å². The van der Waals surface area contributed by atoms with Crippen molar-refractivity contribution in [2.45, 2.75) is 12.5 Å². The summed E-state index contributed by atoms with van der Waals surface area (Å²) in [7, 11) is 1.69. The normalized spacial score (nSPS) is 21.6. The number of hydrogen-bond acceptors (Lipinski definition) is 4. The first-order chi connectivity index (χ1) is 10.8. The molecule has 2 fully saturated rings. The Kier molecular flexibility index (Phi) is 6.33. The van der Waals surface area contributed by atoms with Gasteiger partial charge in [-0.2, -0.15) is 0 Å². The van der Waals surface area contributed by atoms with Crippen LogP contribution >= 0.6 is 24.8 Å². The van der Waals surface area contributed by atoms with Crippen LogP contribution in [0.25, 0.3) is 11.1 Å². The number of rotatable bonds is 3. The van der Waals surface area contributed by atoms with Gasteiger partial charge in [0.15, 0.2) is 0 Å². The fourth-order valence-corrected chi connectivity index (χ4v) is 3.57. The molecule has 0 saturated carbocycles. The number of aromatic nitrogens is 1. The molecule has 6 heteroatoms. The SMILES string of the molecule is COc1ccc(-c2cncc(N3CCN4CCC3C4)c2)cc1.Cl.Cl. The average Bonchev–Trinajstić information content (AvgIpc) is 2.96. The quantitative estimate of drug-likeness (QED) is 0.829. The molecule has 2 unspecified atom stereocenters. The van der Waals surface area contributed by atoms with Gasteiger partial charge in [-0.3, -0.25) is 9.88 Å². The lowest BCUT2D eigenvalue weighted by Gasteiger charge is -2.36. The molecule has 3 heterocycles. The number of hydrogen-bond donors (Lipinski definition) is 0. The Morgan fingerprint density at radius 1 is 1.00 bits per heavy atom. The summed E-state index contributed by atoms with van der Waals surface area (Å²) < 4.78 is 5.23. The minimum atomic E-state index is 0. The van der Waals surface area contributed by atoms with Crippen molar-refractivity contribution < 1.29 is 4.74 Å². The number of methoxy groups -OCH3 is 1. The van der Waals surface area contributed by atoms with Crippen molar-refractivity contribution in [3.05, 3.63) is 42.7 Å². The fraction of sp³-hybridized carbons (Fsp3) is 0.389. The van der Waals surface area contributed by atoms with Gasteiger partial charge in [0.1, 0.15) is 5.75 Å². The predicted molar refractivity (Wildman–Crippen MR) is 103 cm³/mol. The Balaban J connectivity index is 0.00000104. The molecule has 24 heavy (non-hydrogen) atoms. The largest absolute Gasteiger partial charge is 0.497 e. The second kappa shape index (κ2) is 8.06. The number of ether oxygens (including phenoxy) is 1. The summed E-state index contributed by atoms with van der Waals surface area (Å²) >= 11 is 0. The van der Waals surface area contributed by atoms with Crippen LogP contribution in [-0.2, 0) is 0 Å². The van der Waals surface area contributed by atoms with E-state index in [0.29, 0.717) is 6.04 Å². The van der Waals surface area contributed by atoms with Crippen LogP contribution in [0.2, 0.25) is 0 Å². The first-order valence-electron chi connectivity index (χ1n) is 7.92. The lowest BCUT2D eigenvalue weighted by Crippen LogP contribution is -2.46. The molecule has 2 atom stereocenters. The molecule has 2 aromatic rings. The van der Waals surface area contributed by atoms with Gasteiger partial charge in [0.25, 0.3) is 0 Å². The molecule has 2 bridgehead atoms. The van der Waals surface area contributed by atoms with Gasteiger partial charge >= 0.3 is 0 Å². The van der Waals surface area contributed by atoms with E-state index in [2.05, 4.69) is 33.0 Å². The maximum atomic E-state index is 5.23. The van der Waals surface area contributed by atoms with Crippen molar-refractivity contribution in [1.29, 1.82) is 0 Å². The third kappa shape index (κ3) is 3.61. The van der Waals surface area contributed by atoms with E-state index in [0.717, 1.165) is 12.3 Å². The molecular formula is C18H23Cl2N3O. The first-order valence-corrected chi connectivity index (χ1v) is 7.92. The van der Waals surface area contributed by atoms with Crippen molar-refractivity contribution in [3.8, 4) is 16.9 Å². The molecule has 1 aromatic heterocycles. The summed E-state index contributed by atoms with van der Waals surface area (Å²) in [4.78, 5) is 9.56. The highest BCUT2D eigenvalue weighted by atomic mass is 35.5. The van der Waals surface area contributed by atoms with Gasteiger partial charge in [0.05, 0.1) is 19.0 Å². The molecule has 4 rings (SSSR count). The smallest absolute Gasteiger partial charge is 0.118 e. The number of fused-ring (bicyclic) bond motifs is 2. The van der Waals surface area contributed by atoms with E-state index in [4.69, 9.17) is 4.74 Å². The zero-order valence-corrected chi connectivity index (χ0v) is 15.4. The van der Waals surface area contributed by atoms with Crippen molar-refractivity contribution in [2.75, 3.05) is 38.2 Å². The summed E-state index contributed by atoms with van der Waals surface area (Å²) in [5.41, 5.74) is 3.60. The Bertz CT molecular complexity index is 666. The van der Waals surface area contributed by atoms with E-state index in [1.807, 2.05) is 24.5 Å². The maximum Gasteiger partial charge on any atom is 0.118 e. The standard InChI is InChI=1S/C18H21N3O.2ClH/c1-22-18-4-2-14(3-5-18)15-10-17(12-19-11-15)21-9-8-20-7-6-16(21)13-20;;/h2-5,10-12,16H,6-9,13H2,1H3;2*1H. The summed E-state index contributed by atoms with van der Waals surface area (Å²) in [6.45, 7) is 4.72. The van der Waals surface area contributed by atoms with Crippen molar-refractivity contribution in [2.24, 2.45) is 0 Å². The second-order valence-electron chi connectivity index (χ2n) is 6.10. The molecule has 2 saturated heterocycles. The zero-order chi connectivity index (χ0) is 14.9.